The third-order valence-electron chi connectivity index (χ3n) is 5.50. The van der Waals surface area contributed by atoms with Gasteiger partial charge in [0, 0.05) is 6.42 Å². The molecule has 0 amide bonds. The SMILES string of the molecule is CC1(C)O[C@@H]2[C@@H](CO[C@]3(COC(C)(C)O3)[C@@]2(O)C[C@H](O)c2ccccc2)O1. The minimum atomic E-state index is -1.67. The molecule has 3 aliphatic heterocycles. The van der Waals surface area contributed by atoms with Crippen molar-refractivity contribution in [2.24, 2.45) is 0 Å². The lowest BCUT2D eigenvalue weighted by Crippen LogP contribution is -2.71. The highest BCUT2D eigenvalue weighted by Crippen LogP contribution is 2.52. The molecular weight excluding hydrogens is 352 g/mol. The van der Waals surface area contributed by atoms with E-state index in [9.17, 15) is 10.2 Å². The van der Waals surface area contributed by atoms with Crippen molar-refractivity contribution >= 4 is 0 Å². The first-order valence-corrected chi connectivity index (χ1v) is 9.35. The second-order valence-corrected chi connectivity index (χ2v) is 8.50. The smallest absolute Gasteiger partial charge is 0.227 e. The molecule has 0 unspecified atom stereocenters. The second-order valence-electron chi connectivity index (χ2n) is 8.50. The fourth-order valence-corrected chi connectivity index (χ4v) is 4.29. The number of rotatable bonds is 3. The average molecular weight is 380 g/mol. The number of hydrogen-bond acceptors (Lipinski definition) is 7. The molecule has 7 nitrogen and oxygen atoms in total. The summed E-state index contributed by atoms with van der Waals surface area (Å²) in [5.74, 6) is -3.24. The van der Waals surface area contributed by atoms with E-state index >= 15 is 0 Å². The summed E-state index contributed by atoms with van der Waals surface area (Å²) < 4.78 is 29.8. The number of fused-ring (bicyclic) bond motifs is 1. The summed E-state index contributed by atoms with van der Waals surface area (Å²) in [6.07, 6.45) is -2.17. The van der Waals surface area contributed by atoms with Gasteiger partial charge >= 0.3 is 0 Å². The summed E-state index contributed by atoms with van der Waals surface area (Å²) in [6, 6.07) is 9.19. The Morgan fingerprint density at radius 1 is 1.04 bits per heavy atom. The Balaban J connectivity index is 1.70. The van der Waals surface area contributed by atoms with Crippen LogP contribution >= 0.6 is 0 Å². The molecule has 0 radical (unpaired) electrons. The van der Waals surface area contributed by atoms with Crippen molar-refractivity contribution in [1.82, 2.24) is 0 Å². The molecule has 7 heteroatoms. The molecule has 3 saturated heterocycles. The maximum atomic E-state index is 11.9. The normalized spacial score (nSPS) is 40.8. The van der Waals surface area contributed by atoms with Gasteiger partial charge in [-0.1, -0.05) is 30.3 Å². The van der Waals surface area contributed by atoms with Crippen molar-refractivity contribution in [3.05, 3.63) is 35.9 Å². The summed E-state index contributed by atoms with van der Waals surface area (Å²) in [6.45, 7) is 7.36. The van der Waals surface area contributed by atoms with Gasteiger partial charge < -0.3 is 33.9 Å². The van der Waals surface area contributed by atoms with E-state index in [0.29, 0.717) is 5.56 Å². The van der Waals surface area contributed by atoms with Gasteiger partial charge in [-0.15, -0.1) is 0 Å². The first-order valence-electron chi connectivity index (χ1n) is 9.35. The van der Waals surface area contributed by atoms with Gasteiger partial charge in [0.25, 0.3) is 0 Å². The molecule has 4 rings (SSSR count). The molecule has 27 heavy (non-hydrogen) atoms. The van der Waals surface area contributed by atoms with E-state index in [1.165, 1.54) is 0 Å². The predicted molar refractivity (Wildman–Crippen MR) is 94.6 cm³/mol. The van der Waals surface area contributed by atoms with Gasteiger partial charge in [0.05, 0.1) is 12.7 Å². The van der Waals surface area contributed by atoms with Crippen LogP contribution < -0.4 is 0 Å². The summed E-state index contributed by atoms with van der Waals surface area (Å²) >= 11 is 0. The van der Waals surface area contributed by atoms with Crippen LogP contribution in [0.25, 0.3) is 0 Å². The van der Waals surface area contributed by atoms with Gasteiger partial charge in [0.2, 0.25) is 5.79 Å². The zero-order chi connectivity index (χ0) is 19.5. The minimum Gasteiger partial charge on any atom is -0.388 e. The van der Waals surface area contributed by atoms with Crippen molar-refractivity contribution in [3.63, 3.8) is 0 Å². The zero-order valence-electron chi connectivity index (χ0n) is 16.2. The summed E-state index contributed by atoms with van der Waals surface area (Å²) in [5, 5.41) is 22.7. The predicted octanol–water partition coefficient (Wildman–Crippen LogP) is 1.87. The van der Waals surface area contributed by atoms with Gasteiger partial charge in [-0.05, 0) is 33.3 Å². The van der Waals surface area contributed by atoms with Crippen molar-refractivity contribution < 1.29 is 33.9 Å². The van der Waals surface area contributed by atoms with E-state index in [1.54, 1.807) is 27.7 Å². The van der Waals surface area contributed by atoms with Gasteiger partial charge in [0.1, 0.15) is 18.8 Å². The Hall–Kier alpha value is -1.06. The van der Waals surface area contributed by atoms with Crippen molar-refractivity contribution in [3.8, 4) is 0 Å². The average Bonchev–Trinajstić information content (AvgIpc) is 3.09. The molecular formula is C20H28O7. The number of aliphatic hydroxyl groups is 2. The van der Waals surface area contributed by atoms with Crippen LogP contribution in [0.5, 0.6) is 0 Å². The molecule has 3 heterocycles. The molecule has 0 aromatic heterocycles. The number of ether oxygens (including phenoxy) is 5. The van der Waals surface area contributed by atoms with Crippen LogP contribution in [0.2, 0.25) is 0 Å². The van der Waals surface area contributed by atoms with E-state index in [4.69, 9.17) is 23.7 Å². The van der Waals surface area contributed by atoms with Gasteiger partial charge in [-0.2, -0.15) is 0 Å². The Kier molecular flexibility index (Phi) is 4.44. The molecule has 0 bridgehead atoms. The van der Waals surface area contributed by atoms with E-state index in [1.807, 2.05) is 30.3 Å². The lowest BCUT2D eigenvalue weighted by atomic mass is 9.77. The van der Waals surface area contributed by atoms with Crippen LogP contribution in [0.1, 0.15) is 45.8 Å². The molecule has 150 valence electrons. The highest BCUT2D eigenvalue weighted by Gasteiger charge is 2.70. The second kappa shape index (κ2) is 6.22. The first-order chi connectivity index (χ1) is 12.6. The summed E-state index contributed by atoms with van der Waals surface area (Å²) in [4.78, 5) is 0. The lowest BCUT2D eigenvalue weighted by molar-refractivity contribution is -0.371. The van der Waals surface area contributed by atoms with Crippen molar-refractivity contribution in [1.29, 1.82) is 0 Å². The molecule has 0 aliphatic carbocycles. The summed E-state index contributed by atoms with van der Waals surface area (Å²) in [7, 11) is 0. The molecule has 1 spiro atoms. The van der Waals surface area contributed by atoms with E-state index in [0.717, 1.165) is 0 Å². The highest BCUT2D eigenvalue weighted by molar-refractivity contribution is 5.20. The Bertz CT molecular complexity index is 689. The van der Waals surface area contributed by atoms with Gasteiger partial charge in [-0.3, -0.25) is 0 Å². The minimum absolute atomic E-state index is 0.0328. The van der Waals surface area contributed by atoms with Crippen LogP contribution in [0, 0.1) is 0 Å². The molecule has 0 saturated carbocycles. The van der Waals surface area contributed by atoms with Crippen LogP contribution in [-0.2, 0) is 23.7 Å². The van der Waals surface area contributed by atoms with Crippen molar-refractivity contribution in [2.45, 2.75) is 75.4 Å². The van der Waals surface area contributed by atoms with Crippen molar-refractivity contribution in [2.75, 3.05) is 13.2 Å². The molecule has 1 aromatic carbocycles. The van der Waals surface area contributed by atoms with E-state index in [2.05, 4.69) is 0 Å². The molecule has 2 N–H and O–H groups in total. The largest absolute Gasteiger partial charge is 0.388 e. The van der Waals surface area contributed by atoms with Gasteiger partial charge in [0.15, 0.2) is 17.2 Å². The molecule has 1 aromatic rings. The lowest BCUT2D eigenvalue weighted by Gasteiger charge is -2.51. The fourth-order valence-electron chi connectivity index (χ4n) is 4.29. The fraction of sp³-hybridized carbons (Fsp3) is 0.700. The monoisotopic (exact) mass is 380 g/mol. The maximum absolute atomic E-state index is 11.9. The molecule has 5 atom stereocenters. The van der Waals surface area contributed by atoms with Crippen LogP contribution in [0.15, 0.2) is 30.3 Å². The quantitative estimate of drug-likeness (QED) is 0.828. The van der Waals surface area contributed by atoms with E-state index < -0.39 is 41.3 Å². The zero-order valence-corrected chi connectivity index (χ0v) is 16.2. The summed E-state index contributed by atoms with van der Waals surface area (Å²) in [5.41, 5.74) is -0.980. The first kappa shape index (κ1) is 19.3. The molecule has 3 fully saturated rings. The Morgan fingerprint density at radius 3 is 2.37 bits per heavy atom. The van der Waals surface area contributed by atoms with Gasteiger partial charge in [-0.25, -0.2) is 0 Å². The van der Waals surface area contributed by atoms with Crippen LogP contribution in [-0.4, -0.2) is 58.6 Å². The standard InChI is InChI=1S/C20H28O7/c1-17(2)24-12-20(27-17)19(22,10-14(21)13-8-6-5-7-9-13)16-15(11-23-20)25-18(3,4)26-16/h5-9,14-16,21-22H,10-12H2,1-4H3/t14-,15+,16+,19+,20-/m0/s1. The topological polar surface area (TPSA) is 86.6 Å². The Labute approximate surface area is 159 Å². The maximum Gasteiger partial charge on any atom is 0.227 e. The number of benzene rings is 1. The third kappa shape index (κ3) is 3.21. The Morgan fingerprint density at radius 2 is 1.74 bits per heavy atom. The number of aliphatic hydroxyl groups excluding tert-OH is 1. The number of hydrogen-bond donors (Lipinski definition) is 2. The third-order valence-corrected chi connectivity index (χ3v) is 5.50. The van der Waals surface area contributed by atoms with E-state index in [-0.39, 0.29) is 19.6 Å². The van der Waals surface area contributed by atoms with Crippen LogP contribution in [0.3, 0.4) is 0 Å². The highest BCUT2D eigenvalue weighted by atomic mass is 16.9. The van der Waals surface area contributed by atoms with Crippen LogP contribution in [0.4, 0.5) is 0 Å². The molecule has 3 aliphatic rings.